The van der Waals surface area contributed by atoms with Gasteiger partial charge < -0.3 is 10.3 Å². The standard InChI is InChI=1S/C12H12F3N3/c1-18-7-17-6-10(18)11(16)8-3-2-4-9(5-8)12(13,14)15/h2-7,11H,16H2,1H3. The average molecular weight is 255 g/mol. The first-order valence-electron chi connectivity index (χ1n) is 5.28. The van der Waals surface area contributed by atoms with Crippen LogP contribution in [0.5, 0.6) is 0 Å². The monoisotopic (exact) mass is 255 g/mol. The van der Waals surface area contributed by atoms with E-state index in [0.717, 1.165) is 12.1 Å². The molecule has 0 aliphatic rings. The smallest absolute Gasteiger partial charge is 0.336 e. The number of hydrogen-bond donors (Lipinski definition) is 1. The quantitative estimate of drug-likeness (QED) is 0.896. The molecule has 2 rings (SSSR count). The molecule has 0 aliphatic heterocycles. The van der Waals surface area contributed by atoms with E-state index in [2.05, 4.69) is 4.98 Å². The van der Waals surface area contributed by atoms with Gasteiger partial charge in [0.1, 0.15) is 0 Å². The van der Waals surface area contributed by atoms with E-state index in [4.69, 9.17) is 5.73 Å². The highest BCUT2D eigenvalue weighted by atomic mass is 19.4. The Hall–Kier alpha value is -1.82. The van der Waals surface area contributed by atoms with Gasteiger partial charge in [-0.2, -0.15) is 13.2 Å². The minimum absolute atomic E-state index is 0.411. The van der Waals surface area contributed by atoms with Crippen LogP contribution in [0, 0.1) is 0 Å². The van der Waals surface area contributed by atoms with Gasteiger partial charge in [-0.05, 0) is 17.7 Å². The molecule has 1 aromatic carbocycles. The van der Waals surface area contributed by atoms with E-state index in [1.165, 1.54) is 6.07 Å². The number of nitrogens with two attached hydrogens (primary N) is 1. The maximum Gasteiger partial charge on any atom is 0.416 e. The van der Waals surface area contributed by atoms with Gasteiger partial charge in [-0.25, -0.2) is 4.98 Å². The van der Waals surface area contributed by atoms with Crippen molar-refractivity contribution in [2.75, 3.05) is 0 Å². The summed E-state index contributed by atoms with van der Waals surface area (Å²) in [5.41, 5.74) is 6.32. The Morgan fingerprint density at radius 1 is 1.33 bits per heavy atom. The van der Waals surface area contributed by atoms with Crippen molar-refractivity contribution >= 4 is 0 Å². The zero-order valence-electron chi connectivity index (χ0n) is 9.65. The molecule has 0 fully saturated rings. The lowest BCUT2D eigenvalue weighted by Gasteiger charge is -2.14. The molecule has 0 amide bonds. The van der Waals surface area contributed by atoms with Crippen LogP contribution in [0.2, 0.25) is 0 Å². The molecule has 1 atom stereocenters. The Morgan fingerprint density at radius 3 is 2.61 bits per heavy atom. The number of benzene rings is 1. The van der Waals surface area contributed by atoms with Gasteiger partial charge in [-0.3, -0.25) is 0 Å². The van der Waals surface area contributed by atoms with Crippen LogP contribution >= 0.6 is 0 Å². The highest BCUT2D eigenvalue weighted by Gasteiger charge is 2.30. The first-order chi connectivity index (χ1) is 8.39. The summed E-state index contributed by atoms with van der Waals surface area (Å²) in [5.74, 6) is 0. The average Bonchev–Trinajstić information content (AvgIpc) is 2.73. The van der Waals surface area contributed by atoms with Crippen molar-refractivity contribution in [1.82, 2.24) is 9.55 Å². The van der Waals surface area contributed by atoms with Gasteiger partial charge in [0.05, 0.1) is 29.8 Å². The van der Waals surface area contributed by atoms with Crippen LogP contribution in [0.4, 0.5) is 13.2 Å². The summed E-state index contributed by atoms with van der Waals surface area (Å²) in [6, 6.07) is 4.40. The predicted octanol–water partition coefficient (Wildman–Crippen LogP) is 2.49. The lowest BCUT2D eigenvalue weighted by molar-refractivity contribution is -0.137. The van der Waals surface area contributed by atoms with Crippen LogP contribution in [0.15, 0.2) is 36.8 Å². The van der Waals surface area contributed by atoms with Gasteiger partial charge in [-0.1, -0.05) is 12.1 Å². The summed E-state index contributed by atoms with van der Waals surface area (Å²) in [6.07, 6.45) is -1.25. The first kappa shape index (κ1) is 12.6. The molecule has 0 saturated carbocycles. The van der Waals surface area contributed by atoms with Gasteiger partial charge >= 0.3 is 6.18 Å². The molecule has 96 valence electrons. The van der Waals surface area contributed by atoms with Crippen molar-refractivity contribution in [1.29, 1.82) is 0 Å². The Kier molecular flexibility index (Phi) is 3.13. The van der Waals surface area contributed by atoms with E-state index >= 15 is 0 Å². The van der Waals surface area contributed by atoms with Crippen LogP contribution in [0.25, 0.3) is 0 Å². The lowest BCUT2D eigenvalue weighted by atomic mass is 10.0. The summed E-state index contributed by atoms with van der Waals surface area (Å²) >= 11 is 0. The number of aryl methyl sites for hydroxylation is 1. The van der Waals surface area contributed by atoms with E-state index in [9.17, 15) is 13.2 Å². The van der Waals surface area contributed by atoms with Gasteiger partial charge in [0.25, 0.3) is 0 Å². The lowest BCUT2D eigenvalue weighted by Crippen LogP contribution is -2.16. The molecule has 0 bridgehead atoms. The Balaban J connectivity index is 2.38. The molecule has 0 saturated heterocycles. The molecular formula is C12H12F3N3. The molecule has 0 radical (unpaired) electrons. The van der Waals surface area contributed by atoms with Crippen molar-refractivity contribution in [2.45, 2.75) is 12.2 Å². The van der Waals surface area contributed by atoms with Crippen molar-refractivity contribution in [3.8, 4) is 0 Å². The zero-order chi connectivity index (χ0) is 13.3. The largest absolute Gasteiger partial charge is 0.416 e. The van der Waals surface area contributed by atoms with Crippen LogP contribution in [0.3, 0.4) is 0 Å². The second-order valence-electron chi connectivity index (χ2n) is 4.03. The number of nitrogens with zero attached hydrogens (tertiary/aromatic N) is 2. The summed E-state index contributed by atoms with van der Waals surface area (Å²) in [5, 5.41) is 0. The number of halogens is 3. The number of aromatic nitrogens is 2. The molecule has 18 heavy (non-hydrogen) atoms. The summed E-state index contributed by atoms with van der Waals surface area (Å²) in [7, 11) is 1.75. The number of imidazole rings is 1. The SMILES string of the molecule is Cn1cncc1C(N)c1cccc(C(F)(F)F)c1. The van der Waals surface area contributed by atoms with Crippen LogP contribution in [-0.2, 0) is 13.2 Å². The van der Waals surface area contributed by atoms with E-state index in [1.807, 2.05) is 0 Å². The van der Waals surface area contributed by atoms with E-state index in [-0.39, 0.29) is 0 Å². The van der Waals surface area contributed by atoms with Gasteiger partial charge in [-0.15, -0.1) is 0 Å². The zero-order valence-corrected chi connectivity index (χ0v) is 9.65. The fraction of sp³-hybridized carbons (Fsp3) is 0.250. The van der Waals surface area contributed by atoms with E-state index < -0.39 is 17.8 Å². The van der Waals surface area contributed by atoms with Gasteiger partial charge in [0.15, 0.2) is 0 Å². The van der Waals surface area contributed by atoms with Crippen molar-refractivity contribution in [3.05, 3.63) is 53.6 Å². The van der Waals surface area contributed by atoms with Crippen LogP contribution in [0.1, 0.15) is 22.9 Å². The molecule has 6 heteroatoms. The molecule has 3 nitrogen and oxygen atoms in total. The number of alkyl halides is 3. The highest BCUT2D eigenvalue weighted by molar-refractivity contribution is 5.32. The molecule has 2 N–H and O–H groups in total. The second kappa shape index (κ2) is 4.45. The molecule has 1 unspecified atom stereocenters. The fourth-order valence-corrected chi connectivity index (χ4v) is 1.75. The molecular weight excluding hydrogens is 243 g/mol. The molecule has 1 heterocycles. The van der Waals surface area contributed by atoms with E-state index in [1.54, 1.807) is 30.2 Å². The normalized spacial score (nSPS) is 13.6. The Labute approximate surface area is 102 Å². The molecule has 1 aromatic heterocycles. The topological polar surface area (TPSA) is 43.8 Å². The molecule has 2 aromatic rings. The number of hydrogen-bond acceptors (Lipinski definition) is 2. The summed E-state index contributed by atoms with van der Waals surface area (Å²) in [6.45, 7) is 0. The number of rotatable bonds is 2. The van der Waals surface area contributed by atoms with Crippen LogP contribution in [-0.4, -0.2) is 9.55 Å². The Bertz CT molecular complexity index is 545. The summed E-state index contributed by atoms with van der Waals surface area (Å²) in [4.78, 5) is 3.90. The van der Waals surface area contributed by atoms with E-state index in [0.29, 0.717) is 11.3 Å². The minimum atomic E-state index is -4.36. The predicted molar refractivity (Wildman–Crippen MR) is 60.7 cm³/mol. The summed E-state index contributed by atoms with van der Waals surface area (Å²) < 4.78 is 39.5. The van der Waals surface area contributed by atoms with Gasteiger partial charge in [0, 0.05) is 7.05 Å². The first-order valence-corrected chi connectivity index (χ1v) is 5.28. The van der Waals surface area contributed by atoms with Crippen molar-refractivity contribution < 1.29 is 13.2 Å². The Morgan fingerprint density at radius 2 is 2.06 bits per heavy atom. The minimum Gasteiger partial charge on any atom is -0.336 e. The third kappa shape index (κ3) is 2.38. The fourth-order valence-electron chi connectivity index (χ4n) is 1.75. The van der Waals surface area contributed by atoms with Crippen LogP contribution < -0.4 is 5.73 Å². The highest BCUT2D eigenvalue weighted by Crippen LogP contribution is 2.31. The maximum atomic E-state index is 12.6. The van der Waals surface area contributed by atoms with Crippen molar-refractivity contribution in [2.24, 2.45) is 12.8 Å². The third-order valence-corrected chi connectivity index (χ3v) is 2.75. The van der Waals surface area contributed by atoms with Gasteiger partial charge in [0.2, 0.25) is 0 Å². The second-order valence-corrected chi connectivity index (χ2v) is 4.03. The maximum absolute atomic E-state index is 12.6. The molecule has 0 spiro atoms. The van der Waals surface area contributed by atoms with Crippen molar-refractivity contribution in [3.63, 3.8) is 0 Å². The third-order valence-electron chi connectivity index (χ3n) is 2.75. The molecule has 0 aliphatic carbocycles.